The summed E-state index contributed by atoms with van der Waals surface area (Å²) in [6, 6.07) is 18.7. The Morgan fingerprint density at radius 3 is 2.14 bits per heavy atom. The molecule has 0 spiro atoms. The molecule has 3 aromatic carbocycles. The van der Waals surface area contributed by atoms with E-state index >= 15 is 0 Å². The number of nitrogen functional groups attached to an aromatic ring is 1. The maximum Gasteiger partial charge on any atom is 0.323 e. The highest BCUT2D eigenvalue weighted by Gasteiger charge is 2.24. The van der Waals surface area contributed by atoms with E-state index in [1.807, 2.05) is 0 Å². The number of hydrogen-bond acceptors (Lipinski definition) is 4. The van der Waals surface area contributed by atoms with Crippen molar-refractivity contribution in [3.05, 3.63) is 77.3 Å². The molecular weight excluding hydrogens is 444 g/mol. The van der Waals surface area contributed by atoms with Gasteiger partial charge in [-0.25, -0.2) is 13.2 Å². The first-order valence-corrected chi connectivity index (χ1v) is 10.4. The van der Waals surface area contributed by atoms with Gasteiger partial charge in [0.25, 0.3) is 10.0 Å². The predicted octanol–water partition coefficient (Wildman–Crippen LogP) is 4.05. The number of carbonyl (C=O) groups excluding carboxylic acids is 1. The van der Waals surface area contributed by atoms with Gasteiger partial charge in [-0.05, 0) is 52.3 Å². The SMILES string of the molecule is NC(=O)N(c1ccccc1Br)c1cccc(N)c1NS(=O)(=O)c1ccccc1. The van der Waals surface area contributed by atoms with Gasteiger partial charge >= 0.3 is 6.03 Å². The van der Waals surface area contributed by atoms with Crippen LogP contribution in [0.15, 0.2) is 82.2 Å². The first kappa shape index (κ1) is 19.7. The van der Waals surface area contributed by atoms with Crippen LogP contribution in [0.2, 0.25) is 0 Å². The van der Waals surface area contributed by atoms with Gasteiger partial charge in [-0.3, -0.25) is 9.62 Å². The Morgan fingerprint density at radius 1 is 0.893 bits per heavy atom. The van der Waals surface area contributed by atoms with Crippen molar-refractivity contribution in [2.45, 2.75) is 4.90 Å². The normalized spacial score (nSPS) is 11.0. The van der Waals surface area contributed by atoms with E-state index in [2.05, 4.69) is 20.7 Å². The fourth-order valence-corrected chi connectivity index (χ4v) is 4.23. The van der Waals surface area contributed by atoms with Crippen molar-refractivity contribution in [2.24, 2.45) is 5.73 Å². The molecule has 0 aliphatic rings. The van der Waals surface area contributed by atoms with Gasteiger partial charge in [-0.1, -0.05) is 36.4 Å². The van der Waals surface area contributed by atoms with Crippen LogP contribution in [-0.2, 0) is 10.0 Å². The summed E-state index contributed by atoms with van der Waals surface area (Å²) in [5.41, 5.74) is 12.5. The van der Waals surface area contributed by atoms with Crippen molar-refractivity contribution in [2.75, 3.05) is 15.4 Å². The molecule has 0 saturated carbocycles. The van der Waals surface area contributed by atoms with Crippen molar-refractivity contribution >= 4 is 54.7 Å². The summed E-state index contributed by atoms with van der Waals surface area (Å²) in [5.74, 6) is 0. The van der Waals surface area contributed by atoms with Crippen LogP contribution in [0.3, 0.4) is 0 Å². The van der Waals surface area contributed by atoms with Gasteiger partial charge in [0, 0.05) is 4.47 Å². The summed E-state index contributed by atoms with van der Waals surface area (Å²) >= 11 is 3.38. The largest absolute Gasteiger partial charge is 0.397 e. The Balaban J connectivity index is 2.15. The van der Waals surface area contributed by atoms with Crippen molar-refractivity contribution in [3.8, 4) is 0 Å². The number of halogens is 1. The predicted molar refractivity (Wildman–Crippen MR) is 114 cm³/mol. The summed E-state index contributed by atoms with van der Waals surface area (Å²) in [4.78, 5) is 13.5. The number of nitrogens with two attached hydrogens (primary N) is 2. The van der Waals surface area contributed by atoms with Crippen molar-refractivity contribution in [3.63, 3.8) is 0 Å². The van der Waals surface area contributed by atoms with Crippen LogP contribution >= 0.6 is 15.9 Å². The molecule has 0 aliphatic carbocycles. The van der Waals surface area contributed by atoms with E-state index in [0.29, 0.717) is 10.2 Å². The third kappa shape index (κ3) is 3.95. The van der Waals surface area contributed by atoms with Crippen molar-refractivity contribution in [1.82, 2.24) is 0 Å². The number of anilines is 4. The number of carbonyl (C=O) groups is 1. The van der Waals surface area contributed by atoms with Gasteiger partial charge in [-0.15, -0.1) is 0 Å². The van der Waals surface area contributed by atoms with Crippen molar-refractivity contribution in [1.29, 1.82) is 0 Å². The van der Waals surface area contributed by atoms with Crippen LogP contribution in [0.4, 0.5) is 27.5 Å². The van der Waals surface area contributed by atoms with Gasteiger partial charge < -0.3 is 11.5 Å². The molecule has 144 valence electrons. The molecule has 0 unspecified atom stereocenters. The third-order valence-electron chi connectivity index (χ3n) is 3.92. The minimum atomic E-state index is -3.93. The molecule has 28 heavy (non-hydrogen) atoms. The standard InChI is InChI=1S/C19H17BrN4O3S/c20-14-9-4-5-11-16(14)24(19(22)25)17-12-6-10-15(21)18(17)23-28(26,27)13-7-2-1-3-8-13/h1-12,23H,21H2,(H2,22,25). The lowest BCUT2D eigenvalue weighted by Gasteiger charge is -2.25. The number of urea groups is 1. The maximum atomic E-state index is 12.8. The van der Waals surface area contributed by atoms with Crippen LogP contribution in [0.25, 0.3) is 0 Å². The monoisotopic (exact) mass is 460 g/mol. The van der Waals surface area contributed by atoms with Crippen LogP contribution in [0.5, 0.6) is 0 Å². The number of sulfonamides is 1. The third-order valence-corrected chi connectivity index (χ3v) is 5.96. The van der Waals surface area contributed by atoms with E-state index in [9.17, 15) is 13.2 Å². The van der Waals surface area contributed by atoms with Gasteiger partial charge in [-0.2, -0.15) is 0 Å². The zero-order valence-electron chi connectivity index (χ0n) is 14.5. The number of amides is 2. The summed E-state index contributed by atoms with van der Waals surface area (Å²) in [6.45, 7) is 0. The molecule has 3 rings (SSSR count). The molecule has 0 saturated heterocycles. The smallest absolute Gasteiger partial charge is 0.323 e. The molecule has 0 radical (unpaired) electrons. The van der Waals surface area contributed by atoms with Crippen LogP contribution in [0, 0.1) is 0 Å². The zero-order valence-corrected chi connectivity index (χ0v) is 16.9. The fourth-order valence-electron chi connectivity index (χ4n) is 2.65. The molecule has 7 nitrogen and oxygen atoms in total. The highest BCUT2D eigenvalue weighted by molar-refractivity contribution is 9.10. The van der Waals surface area contributed by atoms with Gasteiger partial charge in [0.1, 0.15) is 0 Å². The molecule has 0 bridgehead atoms. The quantitative estimate of drug-likeness (QED) is 0.497. The molecule has 0 heterocycles. The Bertz CT molecular complexity index is 1120. The van der Waals surface area contributed by atoms with Gasteiger partial charge in [0.05, 0.1) is 27.6 Å². The molecule has 5 N–H and O–H groups in total. The lowest BCUT2D eigenvalue weighted by molar-refractivity contribution is 0.256. The fraction of sp³-hybridized carbons (Fsp3) is 0. The lowest BCUT2D eigenvalue weighted by Crippen LogP contribution is -2.32. The lowest BCUT2D eigenvalue weighted by atomic mass is 10.2. The average molecular weight is 461 g/mol. The highest BCUT2D eigenvalue weighted by atomic mass is 79.9. The van der Waals surface area contributed by atoms with E-state index < -0.39 is 16.1 Å². The summed E-state index contributed by atoms with van der Waals surface area (Å²) in [7, 11) is -3.93. The topological polar surface area (TPSA) is 119 Å². The average Bonchev–Trinajstić information content (AvgIpc) is 2.66. The number of hydrogen-bond donors (Lipinski definition) is 3. The second-order valence-electron chi connectivity index (χ2n) is 5.78. The second-order valence-corrected chi connectivity index (χ2v) is 8.32. The van der Waals surface area contributed by atoms with Crippen molar-refractivity contribution < 1.29 is 13.2 Å². The van der Waals surface area contributed by atoms with E-state index in [1.165, 1.54) is 23.1 Å². The summed E-state index contributed by atoms with van der Waals surface area (Å²) < 4.78 is 28.7. The minimum absolute atomic E-state index is 0.0564. The van der Waals surface area contributed by atoms with Crippen LogP contribution in [0.1, 0.15) is 0 Å². The van der Waals surface area contributed by atoms with E-state index in [4.69, 9.17) is 11.5 Å². The van der Waals surface area contributed by atoms with Gasteiger partial charge in [0.15, 0.2) is 0 Å². The number of nitrogens with zero attached hydrogens (tertiary/aromatic N) is 1. The molecule has 3 aromatic rings. The van der Waals surface area contributed by atoms with E-state index in [-0.39, 0.29) is 22.0 Å². The zero-order chi connectivity index (χ0) is 20.3. The molecule has 0 aromatic heterocycles. The summed E-state index contributed by atoms with van der Waals surface area (Å²) in [6.07, 6.45) is 0. The van der Waals surface area contributed by atoms with Gasteiger partial charge in [0.2, 0.25) is 0 Å². The van der Waals surface area contributed by atoms with E-state index in [0.717, 1.165) is 0 Å². The molecule has 9 heteroatoms. The Hall–Kier alpha value is -3.04. The number of rotatable bonds is 5. The molecule has 0 fully saturated rings. The van der Waals surface area contributed by atoms with Crippen LogP contribution in [-0.4, -0.2) is 14.4 Å². The maximum absolute atomic E-state index is 12.8. The molecule has 2 amide bonds. The number of primary amides is 1. The number of para-hydroxylation sites is 2. The first-order chi connectivity index (χ1) is 13.3. The molecular formula is C19H17BrN4O3S. The Kier molecular flexibility index (Phi) is 5.57. The Morgan fingerprint density at radius 2 is 1.50 bits per heavy atom. The number of benzene rings is 3. The summed E-state index contributed by atoms with van der Waals surface area (Å²) in [5, 5.41) is 0. The first-order valence-electron chi connectivity index (χ1n) is 8.11. The second kappa shape index (κ2) is 7.91. The minimum Gasteiger partial charge on any atom is -0.397 e. The molecule has 0 aliphatic heterocycles. The van der Waals surface area contributed by atoms with Crippen LogP contribution < -0.4 is 21.1 Å². The number of nitrogens with one attached hydrogen (secondary N) is 1. The molecule has 0 atom stereocenters. The highest BCUT2D eigenvalue weighted by Crippen LogP contribution is 2.39. The van der Waals surface area contributed by atoms with E-state index in [1.54, 1.807) is 54.6 Å². The Labute approximate surface area is 171 Å².